The molecule has 1 atom stereocenters. The van der Waals surface area contributed by atoms with Crippen LogP contribution >= 0.6 is 11.6 Å². The number of nitrogens with zero attached hydrogens (tertiary/aromatic N) is 1. The van der Waals surface area contributed by atoms with Gasteiger partial charge in [-0.1, -0.05) is 11.3 Å². The van der Waals surface area contributed by atoms with Crippen molar-refractivity contribution < 1.29 is 24.2 Å². The average molecular weight is 405 g/mol. The van der Waals surface area contributed by atoms with E-state index < -0.39 is 6.04 Å². The van der Waals surface area contributed by atoms with Crippen molar-refractivity contribution in [3.8, 4) is 23.0 Å². The van der Waals surface area contributed by atoms with Crippen LogP contribution in [0.15, 0.2) is 36.5 Å². The third-order valence-electron chi connectivity index (χ3n) is 4.87. The van der Waals surface area contributed by atoms with Crippen LogP contribution in [0.1, 0.15) is 22.7 Å². The summed E-state index contributed by atoms with van der Waals surface area (Å²) in [6, 6.07) is 8.94. The molecule has 1 aliphatic rings. The molecule has 0 fully saturated rings. The van der Waals surface area contributed by atoms with Crippen LogP contribution < -0.4 is 18.9 Å². The predicted molar refractivity (Wildman–Crippen MR) is 107 cm³/mol. The third kappa shape index (κ3) is 3.70. The van der Waals surface area contributed by atoms with Crippen molar-refractivity contribution in [3.05, 3.63) is 53.2 Å². The highest BCUT2D eigenvalue weighted by molar-refractivity contribution is 6.23. The molecule has 0 aromatic heterocycles. The quantitative estimate of drug-likeness (QED) is 0.646. The zero-order valence-corrected chi connectivity index (χ0v) is 17.1. The normalized spacial score (nSPS) is 15.6. The number of alkyl halides is 1. The molecule has 0 bridgehead atoms. The van der Waals surface area contributed by atoms with Crippen molar-refractivity contribution in [3.63, 3.8) is 0 Å². The summed E-state index contributed by atoms with van der Waals surface area (Å²) in [5.41, 5.74) is 3.44. The Morgan fingerprint density at radius 2 is 1.50 bits per heavy atom. The number of benzene rings is 2. The Balaban J connectivity index is 2.04. The molecular formula is C21H23ClNO5. The molecule has 0 saturated carbocycles. The van der Waals surface area contributed by atoms with Gasteiger partial charge in [-0.05, 0) is 52.9 Å². The lowest BCUT2D eigenvalue weighted by Gasteiger charge is -2.31. The molecular weight excluding hydrogens is 382 g/mol. The van der Waals surface area contributed by atoms with Crippen LogP contribution in [0.5, 0.6) is 23.0 Å². The minimum absolute atomic E-state index is 0.226. The Labute approximate surface area is 169 Å². The fourth-order valence-electron chi connectivity index (χ4n) is 3.44. The molecule has 3 rings (SSSR count). The number of halogens is 1. The lowest BCUT2D eigenvalue weighted by atomic mass is 9.88. The van der Waals surface area contributed by atoms with Gasteiger partial charge in [0.05, 0.1) is 34.5 Å². The molecule has 1 radical (unpaired) electrons. The summed E-state index contributed by atoms with van der Waals surface area (Å²) in [5.74, 6) is 2.66. The van der Waals surface area contributed by atoms with Gasteiger partial charge in [-0.15, -0.1) is 11.6 Å². The number of rotatable bonds is 7. The fourth-order valence-corrected chi connectivity index (χ4v) is 3.65. The molecule has 0 aliphatic carbocycles. The van der Waals surface area contributed by atoms with Gasteiger partial charge in [0.2, 0.25) is 0 Å². The second kappa shape index (κ2) is 8.63. The van der Waals surface area contributed by atoms with Crippen LogP contribution in [0.4, 0.5) is 0 Å². The number of ether oxygens (including phenoxy) is 4. The van der Waals surface area contributed by atoms with Gasteiger partial charge in [0.1, 0.15) is 0 Å². The Kier molecular flexibility index (Phi) is 6.21. The van der Waals surface area contributed by atoms with Gasteiger partial charge in [-0.3, -0.25) is 0 Å². The van der Waals surface area contributed by atoms with Gasteiger partial charge in [-0.2, -0.15) is 0 Å². The van der Waals surface area contributed by atoms with Crippen LogP contribution in [0.3, 0.4) is 0 Å². The summed E-state index contributed by atoms with van der Waals surface area (Å²) < 4.78 is 21.5. The van der Waals surface area contributed by atoms with E-state index in [4.69, 9.17) is 30.5 Å². The van der Waals surface area contributed by atoms with E-state index in [1.54, 1.807) is 34.6 Å². The first kappa shape index (κ1) is 20.2. The maximum atomic E-state index is 12.8. The van der Waals surface area contributed by atoms with Crippen molar-refractivity contribution in [2.24, 2.45) is 0 Å². The lowest BCUT2D eigenvalue weighted by molar-refractivity contribution is -0.147. The van der Waals surface area contributed by atoms with Crippen LogP contribution in [-0.4, -0.2) is 39.4 Å². The topological polar surface area (TPSA) is 60.1 Å². The predicted octanol–water partition coefficient (Wildman–Crippen LogP) is 4.25. The molecule has 1 heterocycles. The number of allylic oxidation sites excluding steroid dienone is 1. The first-order valence-corrected chi connectivity index (χ1v) is 9.29. The summed E-state index contributed by atoms with van der Waals surface area (Å²) >= 11 is 6.09. The SMILES string of the molecule is COc1ccc(CC2c3cc(OC)c(OC)cc3C(CCl)=CN2[O])cc1OC. The summed E-state index contributed by atoms with van der Waals surface area (Å²) in [6.45, 7) is 0. The molecule has 28 heavy (non-hydrogen) atoms. The molecule has 0 N–H and O–H groups in total. The van der Waals surface area contributed by atoms with E-state index in [-0.39, 0.29) is 5.88 Å². The van der Waals surface area contributed by atoms with Crippen LogP contribution in [0.2, 0.25) is 0 Å². The van der Waals surface area contributed by atoms with Gasteiger partial charge < -0.3 is 18.9 Å². The minimum Gasteiger partial charge on any atom is -0.493 e. The number of methoxy groups -OCH3 is 4. The molecule has 7 heteroatoms. The molecule has 0 spiro atoms. The molecule has 6 nitrogen and oxygen atoms in total. The van der Waals surface area contributed by atoms with Gasteiger partial charge in [0.25, 0.3) is 0 Å². The molecule has 2 aromatic rings. The van der Waals surface area contributed by atoms with Crippen molar-refractivity contribution >= 4 is 17.2 Å². The van der Waals surface area contributed by atoms with Crippen LogP contribution in [-0.2, 0) is 11.6 Å². The Hall–Kier alpha value is -2.57. The van der Waals surface area contributed by atoms with Crippen molar-refractivity contribution in [2.75, 3.05) is 34.3 Å². The van der Waals surface area contributed by atoms with E-state index >= 15 is 0 Å². The summed E-state index contributed by atoms with van der Waals surface area (Å²) in [6.07, 6.45) is 2.03. The highest BCUT2D eigenvalue weighted by Crippen LogP contribution is 2.43. The van der Waals surface area contributed by atoms with E-state index in [2.05, 4.69) is 0 Å². The van der Waals surface area contributed by atoms with Crippen LogP contribution in [0.25, 0.3) is 5.57 Å². The van der Waals surface area contributed by atoms with Gasteiger partial charge in [0.15, 0.2) is 23.0 Å². The second-order valence-electron chi connectivity index (χ2n) is 6.35. The highest BCUT2D eigenvalue weighted by Gasteiger charge is 2.30. The molecule has 2 aromatic carbocycles. The van der Waals surface area contributed by atoms with Crippen molar-refractivity contribution in [1.29, 1.82) is 0 Å². The monoisotopic (exact) mass is 404 g/mol. The smallest absolute Gasteiger partial charge is 0.161 e. The Bertz CT molecular complexity index is 883. The summed E-state index contributed by atoms with van der Waals surface area (Å²) in [4.78, 5) is 0. The van der Waals surface area contributed by atoms with E-state index in [1.165, 1.54) is 0 Å². The number of hydroxylamine groups is 2. The van der Waals surface area contributed by atoms with Gasteiger partial charge in [-0.25, -0.2) is 5.06 Å². The number of fused-ring (bicyclic) bond motifs is 1. The van der Waals surface area contributed by atoms with E-state index in [9.17, 15) is 5.21 Å². The first-order chi connectivity index (χ1) is 13.6. The Morgan fingerprint density at radius 1 is 0.893 bits per heavy atom. The highest BCUT2D eigenvalue weighted by atomic mass is 35.5. The maximum Gasteiger partial charge on any atom is 0.161 e. The van der Waals surface area contributed by atoms with E-state index in [0.29, 0.717) is 29.4 Å². The van der Waals surface area contributed by atoms with E-state index in [0.717, 1.165) is 27.3 Å². The fraction of sp³-hybridized carbons (Fsp3) is 0.333. The van der Waals surface area contributed by atoms with Crippen LogP contribution in [0, 0.1) is 0 Å². The van der Waals surface area contributed by atoms with Crippen molar-refractivity contribution in [2.45, 2.75) is 12.5 Å². The largest absolute Gasteiger partial charge is 0.493 e. The minimum atomic E-state index is -0.431. The molecule has 0 amide bonds. The molecule has 149 valence electrons. The van der Waals surface area contributed by atoms with E-state index in [1.807, 2.05) is 30.3 Å². The maximum absolute atomic E-state index is 12.8. The molecule has 1 aliphatic heterocycles. The zero-order valence-electron chi connectivity index (χ0n) is 16.3. The second-order valence-corrected chi connectivity index (χ2v) is 6.62. The summed E-state index contributed by atoms with van der Waals surface area (Å²) in [5, 5.41) is 13.8. The lowest BCUT2D eigenvalue weighted by Crippen LogP contribution is -2.26. The number of hydrogen-bond donors (Lipinski definition) is 0. The van der Waals surface area contributed by atoms with Gasteiger partial charge >= 0.3 is 0 Å². The van der Waals surface area contributed by atoms with Gasteiger partial charge in [0, 0.05) is 12.1 Å². The average Bonchev–Trinajstić information content (AvgIpc) is 2.74. The first-order valence-electron chi connectivity index (χ1n) is 8.75. The molecule has 1 unspecified atom stereocenters. The molecule has 0 saturated heterocycles. The number of hydrogen-bond acceptors (Lipinski definition) is 5. The Morgan fingerprint density at radius 3 is 2.11 bits per heavy atom. The zero-order chi connectivity index (χ0) is 20.3. The standard InChI is InChI=1S/C21H23ClNO5/c1-25-18-6-5-13(8-19(18)26-2)7-17-16-10-21(28-4)20(27-3)9-15(16)14(11-22)12-23(17)24/h5-6,8-10,12,17H,7,11H2,1-4H3. The van der Waals surface area contributed by atoms with Crippen molar-refractivity contribution in [1.82, 2.24) is 5.06 Å². The summed E-state index contributed by atoms with van der Waals surface area (Å²) in [7, 11) is 6.33. The third-order valence-corrected chi connectivity index (χ3v) is 5.16.